The van der Waals surface area contributed by atoms with Crippen LogP contribution in [0.5, 0.6) is 0 Å². The molecule has 16 heavy (non-hydrogen) atoms. The fourth-order valence-electron chi connectivity index (χ4n) is 1.44. The molecule has 92 valence electrons. The van der Waals surface area contributed by atoms with Crippen molar-refractivity contribution in [3.63, 3.8) is 0 Å². The Kier molecular flexibility index (Phi) is 3.42. The number of hydrogen-bond acceptors (Lipinski definition) is 3. The molecular formula is C10H18N2O4. The van der Waals surface area contributed by atoms with Crippen molar-refractivity contribution in [1.29, 1.82) is 0 Å². The molecule has 1 rings (SSSR count). The molecule has 1 fully saturated rings. The molecule has 1 saturated carbocycles. The van der Waals surface area contributed by atoms with Gasteiger partial charge in [0.25, 0.3) is 0 Å². The van der Waals surface area contributed by atoms with Gasteiger partial charge in [-0.15, -0.1) is 0 Å². The molecule has 0 aliphatic heterocycles. The minimum Gasteiger partial charge on any atom is -0.480 e. The van der Waals surface area contributed by atoms with Gasteiger partial charge in [-0.3, -0.25) is 0 Å². The van der Waals surface area contributed by atoms with Gasteiger partial charge in [0.05, 0.1) is 6.10 Å². The van der Waals surface area contributed by atoms with E-state index in [1.165, 1.54) is 6.92 Å². The van der Waals surface area contributed by atoms with Gasteiger partial charge in [0.2, 0.25) is 0 Å². The van der Waals surface area contributed by atoms with Gasteiger partial charge >= 0.3 is 12.0 Å². The molecule has 1 aliphatic carbocycles. The number of urea groups is 1. The predicted molar refractivity (Wildman–Crippen MR) is 57.0 cm³/mol. The third-order valence-electron chi connectivity index (χ3n) is 2.85. The Morgan fingerprint density at radius 2 is 1.94 bits per heavy atom. The molecular weight excluding hydrogens is 212 g/mol. The van der Waals surface area contributed by atoms with E-state index in [9.17, 15) is 9.59 Å². The van der Waals surface area contributed by atoms with Crippen LogP contribution in [0.25, 0.3) is 0 Å². The summed E-state index contributed by atoms with van der Waals surface area (Å²) < 4.78 is 0. The van der Waals surface area contributed by atoms with Crippen LogP contribution < -0.4 is 10.6 Å². The molecule has 0 aromatic rings. The Hall–Kier alpha value is -1.30. The fourth-order valence-corrected chi connectivity index (χ4v) is 1.44. The number of carbonyl (C=O) groups excluding carboxylic acids is 1. The molecule has 3 atom stereocenters. The van der Waals surface area contributed by atoms with Gasteiger partial charge in [-0.25, -0.2) is 9.59 Å². The highest BCUT2D eigenvalue weighted by molar-refractivity contribution is 5.83. The first-order chi connectivity index (χ1) is 7.24. The van der Waals surface area contributed by atoms with Crippen molar-refractivity contribution < 1.29 is 19.8 Å². The van der Waals surface area contributed by atoms with Crippen LogP contribution in [0.3, 0.4) is 0 Å². The standard InChI is InChI=1S/C10H18N2O4/c1-5(13)7(8(14)15)12-9(16)11-6-4-10(6,2)3/h5-7,13H,4H2,1-3H3,(H,14,15)(H2,11,12,16)/t5-,6?,7+/m1/s1. The van der Waals surface area contributed by atoms with Crippen LogP contribution in [-0.2, 0) is 4.79 Å². The number of rotatable bonds is 4. The van der Waals surface area contributed by atoms with E-state index in [2.05, 4.69) is 10.6 Å². The molecule has 6 heteroatoms. The van der Waals surface area contributed by atoms with Gasteiger partial charge in [-0.2, -0.15) is 0 Å². The second-order valence-electron chi connectivity index (χ2n) is 4.92. The van der Waals surface area contributed by atoms with Gasteiger partial charge in [-0.1, -0.05) is 13.8 Å². The first-order valence-corrected chi connectivity index (χ1v) is 5.22. The average Bonchev–Trinajstić information content (AvgIpc) is 2.68. The number of amides is 2. The molecule has 1 unspecified atom stereocenters. The number of aliphatic hydroxyl groups is 1. The summed E-state index contributed by atoms with van der Waals surface area (Å²) in [6.07, 6.45) is -0.247. The zero-order valence-electron chi connectivity index (χ0n) is 9.65. The van der Waals surface area contributed by atoms with Gasteiger partial charge < -0.3 is 20.8 Å². The maximum atomic E-state index is 11.4. The molecule has 4 N–H and O–H groups in total. The minimum atomic E-state index is -1.28. The highest BCUT2D eigenvalue weighted by Crippen LogP contribution is 2.44. The van der Waals surface area contributed by atoms with Crippen LogP contribution in [-0.4, -0.2) is 40.4 Å². The summed E-state index contributed by atoms with van der Waals surface area (Å²) in [4.78, 5) is 22.1. The number of hydrogen-bond donors (Lipinski definition) is 4. The zero-order valence-corrected chi connectivity index (χ0v) is 9.65. The van der Waals surface area contributed by atoms with E-state index in [0.717, 1.165) is 6.42 Å². The molecule has 0 heterocycles. The molecule has 0 aromatic heterocycles. The number of nitrogens with one attached hydrogen (secondary N) is 2. The van der Waals surface area contributed by atoms with Crippen LogP contribution in [0.15, 0.2) is 0 Å². The lowest BCUT2D eigenvalue weighted by Crippen LogP contribution is -2.51. The van der Waals surface area contributed by atoms with Crippen molar-refractivity contribution in [2.75, 3.05) is 0 Å². The zero-order chi connectivity index (χ0) is 12.5. The Morgan fingerprint density at radius 1 is 1.44 bits per heavy atom. The van der Waals surface area contributed by atoms with Crippen LogP contribution in [0.4, 0.5) is 4.79 Å². The predicted octanol–water partition coefficient (Wildman–Crippen LogP) is -0.0819. The van der Waals surface area contributed by atoms with Crippen molar-refractivity contribution in [2.24, 2.45) is 5.41 Å². The van der Waals surface area contributed by atoms with Crippen LogP contribution >= 0.6 is 0 Å². The molecule has 0 saturated heterocycles. The summed E-state index contributed by atoms with van der Waals surface area (Å²) in [5.41, 5.74) is 0.0842. The minimum absolute atomic E-state index is 0.0796. The normalized spacial score (nSPS) is 25.4. The maximum absolute atomic E-state index is 11.4. The van der Waals surface area contributed by atoms with Crippen LogP contribution in [0, 0.1) is 5.41 Å². The summed E-state index contributed by atoms with van der Waals surface area (Å²) in [5.74, 6) is -1.25. The van der Waals surface area contributed by atoms with E-state index in [1.807, 2.05) is 13.8 Å². The summed E-state index contributed by atoms with van der Waals surface area (Å²) in [6, 6.07) is -1.75. The van der Waals surface area contributed by atoms with E-state index >= 15 is 0 Å². The lowest BCUT2D eigenvalue weighted by molar-refractivity contribution is -0.141. The quantitative estimate of drug-likeness (QED) is 0.542. The molecule has 6 nitrogen and oxygen atoms in total. The third-order valence-corrected chi connectivity index (χ3v) is 2.85. The smallest absolute Gasteiger partial charge is 0.328 e. The van der Waals surface area contributed by atoms with Crippen molar-refractivity contribution in [2.45, 2.75) is 45.4 Å². The Labute approximate surface area is 94.0 Å². The second-order valence-corrected chi connectivity index (χ2v) is 4.92. The van der Waals surface area contributed by atoms with E-state index in [-0.39, 0.29) is 11.5 Å². The summed E-state index contributed by atoms with van der Waals surface area (Å²) in [5, 5.41) is 22.8. The van der Waals surface area contributed by atoms with Crippen LogP contribution in [0.1, 0.15) is 27.2 Å². The van der Waals surface area contributed by atoms with Gasteiger partial charge in [0, 0.05) is 6.04 Å². The summed E-state index contributed by atoms with van der Waals surface area (Å²) in [7, 11) is 0. The number of aliphatic hydroxyl groups excluding tert-OH is 1. The van der Waals surface area contributed by atoms with Crippen molar-refractivity contribution in [1.82, 2.24) is 10.6 Å². The van der Waals surface area contributed by atoms with E-state index < -0.39 is 24.1 Å². The SMILES string of the molecule is C[C@@H](O)[C@H](NC(=O)NC1CC1(C)C)C(=O)O. The molecule has 0 radical (unpaired) electrons. The number of carboxylic acid groups (broad SMARTS) is 1. The third kappa shape index (κ3) is 3.10. The van der Waals surface area contributed by atoms with Crippen molar-refractivity contribution in [3.8, 4) is 0 Å². The van der Waals surface area contributed by atoms with E-state index in [4.69, 9.17) is 10.2 Å². The number of aliphatic carboxylic acids is 1. The molecule has 0 aromatic carbocycles. The summed E-state index contributed by atoms with van der Waals surface area (Å²) in [6.45, 7) is 5.35. The topological polar surface area (TPSA) is 98.7 Å². The first-order valence-electron chi connectivity index (χ1n) is 5.22. The lowest BCUT2D eigenvalue weighted by Gasteiger charge is -2.17. The molecule has 0 spiro atoms. The monoisotopic (exact) mass is 230 g/mol. The number of carboxylic acids is 1. The van der Waals surface area contributed by atoms with Gasteiger partial charge in [0.15, 0.2) is 6.04 Å². The van der Waals surface area contributed by atoms with Crippen LogP contribution in [0.2, 0.25) is 0 Å². The highest BCUT2D eigenvalue weighted by Gasteiger charge is 2.46. The Balaban J connectivity index is 2.41. The molecule has 0 bridgehead atoms. The van der Waals surface area contributed by atoms with E-state index in [1.54, 1.807) is 0 Å². The lowest BCUT2D eigenvalue weighted by atomic mass is 10.2. The van der Waals surface area contributed by atoms with Gasteiger partial charge in [0.1, 0.15) is 0 Å². The highest BCUT2D eigenvalue weighted by atomic mass is 16.4. The summed E-state index contributed by atoms with van der Waals surface area (Å²) >= 11 is 0. The van der Waals surface area contributed by atoms with Crippen molar-refractivity contribution >= 4 is 12.0 Å². The first kappa shape index (κ1) is 12.8. The van der Waals surface area contributed by atoms with E-state index in [0.29, 0.717) is 0 Å². The number of carbonyl (C=O) groups is 2. The molecule has 1 aliphatic rings. The average molecular weight is 230 g/mol. The largest absolute Gasteiger partial charge is 0.480 e. The fraction of sp³-hybridized carbons (Fsp3) is 0.800. The molecule has 2 amide bonds. The Bertz CT molecular complexity index is 301. The maximum Gasteiger partial charge on any atom is 0.328 e. The van der Waals surface area contributed by atoms with Gasteiger partial charge in [-0.05, 0) is 18.8 Å². The van der Waals surface area contributed by atoms with Crippen molar-refractivity contribution in [3.05, 3.63) is 0 Å². The second kappa shape index (κ2) is 4.29. The Morgan fingerprint density at radius 3 is 2.25 bits per heavy atom.